The highest BCUT2D eigenvalue weighted by Gasteiger charge is 2.11. The Labute approximate surface area is 97.8 Å². The topological polar surface area (TPSA) is 29.0 Å². The SMILES string of the molecule is CCN(CCBr)c1nc(C(C)C)ns1. The van der Waals surface area contributed by atoms with E-state index in [-0.39, 0.29) is 0 Å². The minimum Gasteiger partial charge on any atom is -0.346 e. The third-order valence-electron chi connectivity index (χ3n) is 1.95. The van der Waals surface area contributed by atoms with Gasteiger partial charge in [0.05, 0.1) is 0 Å². The van der Waals surface area contributed by atoms with Crippen molar-refractivity contribution in [3.8, 4) is 0 Å². The predicted molar refractivity (Wildman–Crippen MR) is 65.7 cm³/mol. The van der Waals surface area contributed by atoms with Crippen molar-refractivity contribution in [3.63, 3.8) is 0 Å². The molecule has 0 saturated carbocycles. The van der Waals surface area contributed by atoms with Crippen molar-refractivity contribution in [3.05, 3.63) is 5.82 Å². The summed E-state index contributed by atoms with van der Waals surface area (Å²) in [6.45, 7) is 8.35. The molecule has 1 aromatic heterocycles. The zero-order valence-electron chi connectivity index (χ0n) is 8.83. The fourth-order valence-electron chi connectivity index (χ4n) is 1.08. The Morgan fingerprint density at radius 1 is 1.50 bits per heavy atom. The van der Waals surface area contributed by atoms with E-state index in [9.17, 15) is 0 Å². The van der Waals surface area contributed by atoms with Gasteiger partial charge in [0.2, 0.25) is 5.13 Å². The van der Waals surface area contributed by atoms with Gasteiger partial charge in [-0.3, -0.25) is 0 Å². The first-order valence-corrected chi connectivity index (χ1v) is 6.73. The molecule has 0 aliphatic heterocycles. The molecule has 0 aromatic carbocycles. The van der Waals surface area contributed by atoms with Crippen LogP contribution in [0.15, 0.2) is 0 Å². The van der Waals surface area contributed by atoms with Crippen LogP contribution in [0.3, 0.4) is 0 Å². The van der Waals surface area contributed by atoms with Crippen LogP contribution in [0.2, 0.25) is 0 Å². The molecule has 0 spiro atoms. The van der Waals surface area contributed by atoms with Crippen molar-refractivity contribution >= 4 is 32.6 Å². The van der Waals surface area contributed by atoms with Crippen molar-refractivity contribution < 1.29 is 0 Å². The molecule has 0 fully saturated rings. The minimum atomic E-state index is 0.419. The van der Waals surface area contributed by atoms with Gasteiger partial charge in [-0.15, -0.1) is 0 Å². The summed E-state index contributed by atoms with van der Waals surface area (Å²) in [6, 6.07) is 0. The Morgan fingerprint density at radius 2 is 2.21 bits per heavy atom. The minimum absolute atomic E-state index is 0.419. The number of halogens is 1. The molecule has 1 aromatic rings. The largest absolute Gasteiger partial charge is 0.346 e. The summed E-state index contributed by atoms with van der Waals surface area (Å²) >= 11 is 4.93. The molecule has 0 N–H and O–H groups in total. The summed E-state index contributed by atoms with van der Waals surface area (Å²) in [5.74, 6) is 1.38. The molecular formula is C9H16BrN3S. The van der Waals surface area contributed by atoms with Crippen molar-refractivity contribution in [2.24, 2.45) is 0 Å². The summed E-state index contributed by atoms with van der Waals surface area (Å²) < 4.78 is 4.34. The Balaban J connectivity index is 2.73. The molecule has 0 radical (unpaired) electrons. The molecule has 0 unspecified atom stereocenters. The first-order valence-electron chi connectivity index (χ1n) is 4.83. The van der Waals surface area contributed by atoms with Gasteiger partial charge in [-0.05, 0) is 6.92 Å². The summed E-state index contributed by atoms with van der Waals surface area (Å²) in [4.78, 5) is 6.75. The molecule has 3 nitrogen and oxygen atoms in total. The first-order chi connectivity index (χ1) is 6.69. The number of alkyl halides is 1. The number of anilines is 1. The predicted octanol–water partition coefficient (Wildman–Crippen LogP) is 2.88. The Kier molecular flexibility index (Phi) is 4.81. The van der Waals surface area contributed by atoms with Gasteiger partial charge in [-0.1, -0.05) is 29.8 Å². The lowest BCUT2D eigenvalue weighted by Crippen LogP contribution is -2.24. The molecule has 0 amide bonds. The molecule has 1 heterocycles. The van der Waals surface area contributed by atoms with Crippen LogP contribution in [0.4, 0.5) is 5.13 Å². The van der Waals surface area contributed by atoms with Gasteiger partial charge >= 0.3 is 0 Å². The third kappa shape index (κ3) is 2.92. The first kappa shape index (κ1) is 11.9. The van der Waals surface area contributed by atoms with E-state index in [0.717, 1.165) is 29.4 Å². The van der Waals surface area contributed by atoms with Crippen LogP contribution in [0, 0.1) is 0 Å². The maximum Gasteiger partial charge on any atom is 0.205 e. The molecule has 0 atom stereocenters. The Morgan fingerprint density at radius 3 is 2.64 bits per heavy atom. The number of rotatable bonds is 5. The van der Waals surface area contributed by atoms with Crippen LogP contribution in [0.25, 0.3) is 0 Å². The van der Waals surface area contributed by atoms with Gasteiger partial charge in [-0.25, -0.2) is 4.98 Å². The van der Waals surface area contributed by atoms with Crippen molar-refractivity contribution in [2.45, 2.75) is 26.7 Å². The van der Waals surface area contributed by atoms with Crippen LogP contribution in [-0.2, 0) is 0 Å². The molecular weight excluding hydrogens is 262 g/mol. The van der Waals surface area contributed by atoms with E-state index in [0.29, 0.717) is 5.92 Å². The van der Waals surface area contributed by atoms with Gasteiger partial charge < -0.3 is 4.90 Å². The summed E-state index contributed by atoms with van der Waals surface area (Å²) in [6.07, 6.45) is 0. The maximum absolute atomic E-state index is 4.51. The number of hydrogen-bond acceptors (Lipinski definition) is 4. The van der Waals surface area contributed by atoms with E-state index in [1.807, 2.05) is 0 Å². The molecule has 0 aliphatic carbocycles. The zero-order valence-corrected chi connectivity index (χ0v) is 11.2. The Bertz CT molecular complexity index is 275. The monoisotopic (exact) mass is 277 g/mol. The van der Waals surface area contributed by atoms with Crippen molar-refractivity contribution in [1.82, 2.24) is 9.36 Å². The van der Waals surface area contributed by atoms with E-state index in [1.165, 1.54) is 11.5 Å². The van der Waals surface area contributed by atoms with Crippen LogP contribution < -0.4 is 4.90 Å². The highest BCUT2D eigenvalue weighted by atomic mass is 79.9. The third-order valence-corrected chi connectivity index (χ3v) is 3.10. The lowest BCUT2D eigenvalue weighted by atomic mass is 10.2. The van der Waals surface area contributed by atoms with Crippen LogP contribution in [0.1, 0.15) is 32.5 Å². The summed E-state index contributed by atoms with van der Waals surface area (Å²) in [5.41, 5.74) is 0. The molecule has 5 heteroatoms. The second kappa shape index (κ2) is 5.66. The Hall–Kier alpha value is -0.160. The molecule has 0 saturated heterocycles. The second-order valence-corrected chi connectivity index (χ2v) is 4.88. The van der Waals surface area contributed by atoms with E-state index in [1.54, 1.807) is 0 Å². The van der Waals surface area contributed by atoms with E-state index in [4.69, 9.17) is 0 Å². The zero-order chi connectivity index (χ0) is 10.6. The molecule has 1 rings (SSSR count). The summed E-state index contributed by atoms with van der Waals surface area (Å²) in [5, 5.41) is 2.01. The molecule has 0 bridgehead atoms. The van der Waals surface area contributed by atoms with Crippen LogP contribution in [-0.4, -0.2) is 27.8 Å². The highest BCUT2D eigenvalue weighted by Crippen LogP contribution is 2.20. The normalized spacial score (nSPS) is 10.9. The molecule has 14 heavy (non-hydrogen) atoms. The van der Waals surface area contributed by atoms with Crippen LogP contribution >= 0.6 is 27.5 Å². The fourth-order valence-corrected chi connectivity index (χ4v) is 2.41. The van der Waals surface area contributed by atoms with Gasteiger partial charge in [0, 0.05) is 35.9 Å². The van der Waals surface area contributed by atoms with Crippen molar-refractivity contribution in [2.75, 3.05) is 23.3 Å². The number of nitrogens with zero attached hydrogens (tertiary/aromatic N) is 3. The van der Waals surface area contributed by atoms with Crippen LogP contribution in [0.5, 0.6) is 0 Å². The smallest absolute Gasteiger partial charge is 0.205 e. The fraction of sp³-hybridized carbons (Fsp3) is 0.778. The highest BCUT2D eigenvalue weighted by molar-refractivity contribution is 9.09. The standard InChI is InChI=1S/C9H16BrN3S/c1-4-13(6-5-10)9-11-8(7(2)3)12-14-9/h7H,4-6H2,1-3H3. The summed E-state index contributed by atoms with van der Waals surface area (Å²) in [7, 11) is 0. The van der Waals surface area contributed by atoms with E-state index in [2.05, 4.69) is 51.0 Å². The van der Waals surface area contributed by atoms with Crippen molar-refractivity contribution in [1.29, 1.82) is 0 Å². The molecule has 0 aliphatic rings. The lowest BCUT2D eigenvalue weighted by molar-refractivity contribution is 0.787. The average molecular weight is 278 g/mol. The van der Waals surface area contributed by atoms with E-state index < -0.39 is 0 Å². The number of aromatic nitrogens is 2. The van der Waals surface area contributed by atoms with E-state index >= 15 is 0 Å². The second-order valence-electron chi connectivity index (χ2n) is 3.36. The quantitative estimate of drug-likeness (QED) is 0.775. The maximum atomic E-state index is 4.51. The van der Waals surface area contributed by atoms with Gasteiger partial charge in [-0.2, -0.15) is 4.37 Å². The lowest BCUT2D eigenvalue weighted by Gasteiger charge is -2.17. The molecule has 80 valence electrons. The van der Waals surface area contributed by atoms with Gasteiger partial charge in [0.25, 0.3) is 0 Å². The van der Waals surface area contributed by atoms with Gasteiger partial charge in [0.15, 0.2) is 0 Å². The van der Waals surface area contributed by atoms with Gasteiger partial charge in [0.1, 0.15) is 5.82 Å². The number of hydrogen-bond donors (Lipinski definition) is 0. The average Bonchev–Trinajstić information content (AvgIpc) is 2.63.